The molecule has 108 valence electrons. The standard InChI is InChI=1S/C15H22N4O/c1-10-6-11(8-13-16-18-19-17-13)7-12(14(10)20-5)9-15(2,3)4/h6-7H,8-9H2,1-5H3,(H,16,17,18,19). The molecule has 1 aromatic heterocycles. The van der Waals surface area contributed by atoms with Crippen LogP contribution in [0.3, 0.4) is 0 Å². The molecule has 0 fully saturated rings. The van der Waals surface area contributed by atoms with Crippen molar-refractivity contribution in [3.05, 3.63) is 34.6 Å². The van der Waals surface area contributed by atoms with Gasteiger partial charge in [0.2, 0.25) is 0 Å². The molecule has 0 spiro atoms. The van der Waals surface area contributed by atoms with Gasteiger partial charge in [0, 0.05) is 6.42 Å². The second-order valence-electron chi connectivity index (χ2n) is 6.35. The molecule has 5 heteroatoms. The van der Waals surface area contributed by atoms with Crippen LogP contribution in [0, 0.1) is 12.3 Å². The number of H-pyrrole nitrogens is 1. The zero-order valence-electron chi connectivity index (χ0n) is 12.8. The van der Waals surface area contributed by atoms with Crippen molar-refractivity contribution < 1.29 is 4.74 Å². The fourth-order valence-electron chi connectivity index (χ4n) is 2.46. The summed E-state index contributed by atoms with van der Waals surface area (Å²) in [7, 11) is 1.73. The van der Waals surface area contributed by atoms with Gasteiger partial charge < -0.3 is 4.74 Å². The van der Waals surface area contributed by atoms with Crippen molar-refractivity contribution in [1.82, 2.24) is 20.6 Å². The molecule has 1 aromatic carbocycles. The lowest BCUT2D eigenvalue weighted by molar-refractivity contribution is 0.377. The van der Waals surface area contributed by atoms with E-state index in [0.717, 1.165) is 17.7 Å². The van der Waals surface area contributed by atoms with E-state index < -0.39 is 0 Å². The van der Waals surface area contributed by atoms with Gasteiger partial charge in [-0.05, 0) is 35.4 Å². The van der Waals surface area contributed by atoms with E-state index >= 15 is 0 Å². The Morgan fingerprint density at radius 2 is 2.00 bits per heavy atom. The van der Waals surface area contributed by atoms with E-state index in [9.17, 15) is 0 Å². The number of aromatic amines is 1. The topological polar surface area (TPSA) is 63.7 Å². The molecule has 0 amide bonds. The molecule has 0 unspecified atom stereocenters. The lowest BCUT2D eigenvalue weighted by atomic mass is 9.86. The average Bonchev–Trinajstić information content (AvgIpc) is 2.79. The van der Waals surface area contributed by atoms with Crippen LogP contribution in [0.4, 0.5) is 0 Å². The molecule has 1 heterocycles. The Labute approximate surface area is 119 Å². The molecule has 0 saturated carbocycles. The van der Waals surface area contributed by atoms with Gasteiger partial charge in [0.15, 0.2) is 5.82 Å². The summed E-state index contributed by atoms with van der Waals surface area (Å²) in [4.78, 5) is 0. The lowest BCUT2D eigenvalue weighted by Gasteiger charge is -2.21. The number of tetrazole rings is 1. The molecule has 1 N–H and O–H groups in total. The van der Waals surface area contributed by atoms with Crippen LogP contribution in [0.5, 0.6) is 5.75 Å². The van der Waals surface area contributed by atoms with Crippen molar-refractivity contribution in [2.75, 3.05) is 7.11 Å². The summed E-state index contributed by atoms with van der Waals surface area (Å²) in [5, 5.41) is 14.1. The highest BCUT2D eigenvalue weighted by Crippen LogP contribution is 2.31. The highest BCUT2D eigenvalue weighted by molar-refractivity contribution is 5.45. The van der Waals surface area contributed by atoms with Crippen molar-refractivity contribution in [1.29, 1.82) is 0 Å². The molecule has 0 bridgehead atoms. The molecule has 0 atom stereocenters. The Bertz CT molecular complexity index is 570. The number of hydrogen-bond donors (Lipinski definition) is 1. The molecule has 0 radical (unpaired) electrons. The number of methoxy groups -OCH3 is 1. The third kappa shape index (κ3) is 3.56. The van der Waals surface area contributed by atoms with E-state index in [1.54, 1.807) is 7.11 Å². The number of ether oxygens (including phenoxy) is 1. The number of aryl methyl sites for hydroxylation is 1. The van der Waals surface area contributed by atoms with Gasteiger partial charge in [-0.25, -0.2) is 0 Å². The first-order valence-corrected chi connectivity index (χ1v) is 6.78. The minimum Gasteiger partial charge on any atom is -0.496 e. The summed E-state index contributed by atoms with van der Waals surface area (Å²) in [5.74, 6) is 1.69. The van der Waals surface area contributed by atoms with Crippen LogP contribution in [-0.2, 0) is 12.8 Å². The van der Waals surface area contributed by atoms with Crippen LogP contribution in [-0.4, -0.2) is 27.7 Å². The maximum absolute atomic E-state index is 5.56. The Morgan fingerprint density at radius 3 is 2.55 bits per heavy atom. The summed E-state index contributed by atoms with van der Waals surface area (Å²) in [6, 6.07) is 4.31. The maximum Gasteiger partial charge on any atom is 0.178 e. The second kappa shape index (κ2) is 5.61. The number of nitrogens with zero attached hydrogens (tertiary/aromatic N) is 3. The molecule has 2 aromatic rings. The summed E-state index contributed by atoms with van der Waals surface area (Å²) in [6.45, 7) is 8.76. The largest absolute Gasteiger partial charge is 0.496 e. The number of benzene rings is 1. The van der Waals surface area contributed by atoms with Crippen molar-refractivity contribution in [2.24, 2.45) is 5.41 Å². The van der Waals surface area contributed by atoms with Crippen LogP contribution >= 0.6 is 0 Å². The minimum atomic E-state index is 0.213. The van der Waals surface area contributed by atoms with Crippen molar-refractivity contribution in [3.8, 4) is 5.75 Å². The molecule has 5 nitrogen and oxygen atoms in total. The smallest absolute Gasteiger partial charge is 0.178 e. The zero-order valence-corrected chi connectivity index (χ0v) is 12.8. The molecule has 0 aliphatic carbocycles. The first-order chi connectivity index (χ1) is 9.39. The van der Waals surface area contributed by atoms with Crippen molar-refractivity contribution >= 4 is 0 Å². The van der Waals surface area contributed by atoms with Gasteiger partial charge in [0.05, 0.1) is 7.11 Å². The number of nitrogens with one attached hydrogen (secondary N) is 1. The maximum atomic E-state index is 5.56. The van der Waals surface area contributed by atoms with Crippen molar-refractivity contribution in [3.63, 3.8) is 0 Å². The fraction of sp³-hybridized carbons (Fsp3) is 0.533. The third-order valence-corrected chi connectivity index (χ3v) is 3.09. The van der Waals surface area contributed by atoms with Crippen LogP contribution in [0.15, 0.2) is 12.1 Å². The Hall–Kier alpha value is -1.91. The second-order valence-corrected chi connectivity index (χ2v) is 6.35. The van der Waals surface area contributed by atoms with Gasteiger partial charge in [0.1, 0.15) is 5.75 Å². The van der Waals surface area contributed by atoms with Crippen LogP contribution in [0.1, 0.15) is 43.3 Å². The first-order valence-electron chi connectivity index (χ1n) is 6.78. The highest BCUT2D eigenvalue weighted by atomic mass is 16.5. The minimum absolute atomic E-state index is 0.213. The Kier molecular flexibility index (Phi) is 4.06. The predicted molar refractivity (Wildman–Crippen MR) is 77.9 cm³/mol. The predicted octanol–water partition coefficient (Wildman–Crippen LogP) is 2.70. The molecule has 0 aliphatic rings. The zero-order chi connectivity index (χ0) is 14.8. The van der Waals surface area contributed by atoms with E-state index in [1.807, 2.05) is 0 Å². The molecule has 2 rings (SSSR count). The number of hydrogen-bond acceptors (Lipinski definition) is 4. The van der Waals surface area contributed by atoms with E-state index in [-0.39, 0.29) is 5.41 Å². The lowest BCUT2D eigenvalue weighted by Crippen LogP contribution is -2.11. The van der Waals surface area contributed by atoms with Crippen LogP contribution < -0.4 is 4.74 Å². The number of aromatic nitrogens is 4. The average molecular weight is 274 g/mol. The van der Waals surface area contributed by atoms with Gasteiger partial charge in [-0.3, -0.25) is 0 Å². The third-order valence-electron chi connectivity index (χ3n) is 3.09. The van der Waals surface area contributed by atoms with Gasteiger partial charge in [0.25, 0.3) is 0 Å². The number of rotatable bonds is 4. The Morgan fingerprint density at radius 1 is 1.25 bits per heavy atom. The first kappa shape index (κ1) is 14.5. The molecule has 0 saturated heterocycles. The van der Waals surface area contributed by atoms with E-state index in [4.69, 9.17) is 4.74 Å². The molecular weight excluding hydrogens is 252 g/mol. The monoisotopic (exact) mass is 274 g/mol. The van der Waals surface area contributed by atoms with Crippen molar-refractivity contribution in [2.45, 2.75) is 40.5 Å². The molecule has 20 heavy (non-hydrogen) atoms. The summed E-state index contributed by atoms with van der Waals surface area (Å²) in [5.41, 5.74) is 3.78. The quantitative estimate of drug-likeness (QED) is 0.931. The van der Waals surface area contributed by atoms with Gasteiger partial charge in [-0.1, -0.05) is 38.1 Å². The van der Waals surface area contributed by atoms with Gasteiger partial charge in [-0.2, -0.15) is 5.21 Å². The SMILES string of the molecule is COc1c(C)cc(Cc2nn[nH]n2)cc1CC(C)(C)C. The van der Waals surface area contributed by atoms with Crippen LogP contribution in [0.2, 0.25) is 0 Å². The van der Waals surface area contributed by atoms with Gasteiger partial charge in [-0.15, -0.1) is 10.2 Å². The molecular formula is C15H22N4O. The fourth-order valence-corrected chi connectivity index (χ4v) is 2.46. The van der Waals surface area contributed by atoms with E-state index in [2.05, 4.69) is 60.5 Å². The molecule has 0 aliphatic heterocycles. The van der Waals surface area contributed by atoms with E-state index in [0.29, 0.717) is 12.2 Å². The Balaban J connectivity index is 2.35. The summed E-state index contributed by atoms with van der Waals surface area (Å²) in [6.07, 6.45) is 1.65. The normalized spacial score (nSPS) is 11.7. The summed E-state index contributed by atoms with van der Waals surface area (Å²) < 4.78 is 5.56. The van der Waals surface area contributed by atoms with Gasteiger partial charge >= 0.3 is 0 Å². The highest BCUT2D eigenvalue weighted by Gasteiger charge is 2.17. The van der Waals surface area contributed by atoms with E-state index in [1.165, 1.54) is 11.1 Å². The van der Waals surface area contributed by atoms with Crippen LogP contribution in [0.25, 0.3) is 0 Å². The summed E-state index contributed by atoms with van der Waals surface area (Å²) >= 11 is 0.